The average Bonchev–Trinajstić information content (AvgIpc) is 2.86. The summed E-state index contributed by atoms with van der Waals surface area (Å²) in [4.78, 5) is 16.1. The first-order chi connectivity index (χ1) is 9.47. The number of nitrogens with zero attached hydrogens (tertiary/aromatic N) is 1. The predicted octanol–water partition coefficient (Wildman–Crippen LogP) is 3.29. The Hall–Kier alpha value is -1.50. The number of hydrogen-bond donors (Lipinski definition) is 2. The van der Waals surface area contributed by atoms with Crippen molar-refractivity contribution in [3.05, 3.63) is 35.5 Å². The molecule has 1 aromatic carbocycles. The summed E-state index contributed by atoms with van der Waals surface area (Å²) in [7, 11) is 0. The summed E-state index contributed by atoms with van der Waals surface area (Å²) < 4.78 is 13.2. The fourth-order valence-corrected chi connectivity index (χ4v) is 2.33. The van der Waals surface area contributed by atoms with Crippen LogP contribution >= 0.6 is 23.7 Å². The number of benzene rings is 1. The normalized spacial score (nSPS) is 11.9. The molecule has 0 aliphatic rings. The molecule has 0 aliphatic carbocycles. The number of carbonyl (C=O) groups is 1. The molecule has 114 valence electrons. The van der Waals surface area contributed by atoms with Crippen molar-refractivity contribution < 1.29 is 9.18 Å². The Kier molecular flexibility index (Phi) is 6.26. The van der Waals surface area contributed by atoms with Gasteiger partial charge in [0, 0.05) is 10.9 Å². The lowest BCUT2D eigenvalue weighted by molar-refractivity contribution is -0.118. The van der Waals surface area contributed by atoms with Crippen molar-refractivity contribution in [2.24, 2.45) is 11.7 Å². The number of amides is 1. The zero-order valence-corrected chi connectivity index (χ0v) is 13.3. The first-order valence-electron chi connectivity index (χ1n) is 6.25. The molecule has 4 nitrogen and oxygen atoms in total. The van der Waals surface area contributed by atoms with Crippen molar-refractivity contribution in [3.8, 4) is 11.3 Å². The van der Waals surface area contributed by atoms with Gasteiger partial charge < -0.3 is 11.1 Å². The largest absolute Gasteiger partial charge is 0.320 e. The maximum atomic E-state index is 13.2. The Morgan fingerprint density at radius 3 is 2.76 bits per heavy atom. The van der Waals surface area contributed by atoms with Crippen LogP contribution in [0.2, 0.25) is 0 Å². The number of anilines is 1. The third-order valence-electron chi connectivity index (χ3n) is 2.88. The molecular weight excluding hydrogens is 313 g/mol. The first-order valence-corrected chi connectivity index (χ1v) is 7.13. The minimum atomic E-state index is -0.573. The van der Waals surface area contributed by atoms with Crippen molar-refractivity contribution in [1.29, 1.82) is 0 Å². The van der Waals surface area contributed by atoms with Gasteiger partial charge in [0.05, 0.1) is 11.7 Å². The fraction of sp³-hybridized carbons (Fsp3) is 0.286. The topological polar surface area (TPSA) is 68.0 Å². The zero-order chi connectivity index (χ0) is 14.7. The van der Waals surface area contributed by atoms with Gasteiger partial charge in [-0.05, 0) is 18.1 Å². The summed E-state index contributed by atoms with van der Waals surface area (Å²) in [6.45, 7) is 3.76. The molecule has 1 atom stereocenters. The van der Waals surface area contributed by atoms with Crippen LogP contribution in [0.15, 0.2) is 29.6 Å². The van der Waals surface area contributed by atoms with Crippen molar-refractivity contribution in [2.75, 3.05) is 5.32 Å². The van der Waals surface area contributed by atoms with Crippen LogP contribution in [0, 0.1) is 11.7 Å². The standard InChI is InChI=1S/C14H16FN3OS.ClH/c1-8(2)12(16)13(19)18-14-17-11(7-20-14)9-4-3-5-10(15)6-9;/h3-8,12H,16H2,1-2H3,(H,17,18,19);1H/t12-;/m0./s1. The monoisotopic (exact) mass is 329 g/mol. The highest BCUT2D eigenvalue weighted by atomic mass is 35.5. The number of thiazole rings is 1. The number of halogens is 2. The number of rotatable bonds is 4. The van der Waals surface area contributed by atoms with E-state index >= 15 is 0 Å². The molecule has 1 aromatic heterocycles. The minimum absolute atomic E-state index is 0. The Bertz CT molecular complexity index is 618. The number of nitrogens with two attached hydrogens (primary N) is 1. The molecule has 21 heavy (non-hydrogen) atoms. The molecule has 0 fully saturated rings. The van der Waals surface area contributed by atoms with Crippen molar-refractivity contribution in [2.45, 2.75) is 19.9 Å². The van der Waals surface area contributed by atoms with Gasteiger partial charge in [-0.15, -0.1) is 23.7 Å². The molecular formula is C14H17ClFN3OS. The lowest BCUT2D eigenvalue weighted by atomic mass is 10.1. The van der Waals surface area contributed by atoms with Gasteiger partial charge in [-0.2, -0.15) is 0 Å². The van der Waals surface area contributed by atoms with Gasteiger partial charge in [-0.3, -0.25) is 4.79 Å². The predicted molar refractivity (Wildman–Crippen MR) is 86.2 cm³/mol. The van der Waals surface area contributed by atoms with E-state index in [2.05, 4.69) is 10.3 Å². The van der Waals surface area contributed by atoms with Crippen LogP contribution in [0.5, 0.6) is 0 Å². The molecule has 0 unspecified atom stereocenters. The Balaban J connectivity index is 0.00000220. The maximum absolute atomic E-state index is 13.2. The number of nitrogens with one attached hydrogen (secondary N) is 1. The van der Waals surface area contributed by atoms with E-state index in [0.717, 1.165) is 0 Å². The van der Waals surface area contributed by atoms with Crippen LogP contribution in [0.3, 0.4) is 0 Å². The van der Waals surface area contributed by atoms with Crippen LogP contribution < -0.4 is 11.1 Å². The summed E-state index contributed by atoms with van der Waals surface area (Å²) in [5.41, 5.74) is 7.06. The van der Waals surface area contributed by atoms with Gasteiger partial charge in [-0.25, -0.2) is 9.37 Å². The molecule has 7 heteroatoms. The Morgan fingerprint density at radius 1 is 1.43 bits per heavy atom. The van der Waals surface area contributed by atoms with Crippen LogP contribution in [0.25, 0.3) is 11.3 Å². The number of hydrogen-bond acceptors (Lipinski definition) is 4. The average molecular weight is 330 g/mol. The molecule has 1 amide bonds. The summed E-state index contributed by atoms with van der Waals surface area (Å²) in [5.74, 6) is -0.527. The van der Waals surface area contributed by atoms with E-state index in [1.165, 1.54) is 23.5 Å². The maximum Gasteiger partial charge on any atom is 0.243 e. The second-order valence-electron chi connectivity index (χ2n) is 4.81. The highest BCUT2D eigenvalue weighted by Gasteiger charge is 2.18. The summed E-state index contributed by atoms with van der Waals surface area (Å²) in [6, 6.07) is 5.60. The third kappa shape index (κ3) is 4.49. The summed E-state index contributed by atoms with van der Waals surface area (Å²) in [5, 5.41) is 4.91. The van der Waals surface area contributed by atoms with Crippen molar-refractivity contribution >= 4 is 34.8 Å². The van der Waals surface area contributed by atoms with Crippen molar-refractivity contribution in [3.63, 3.8) is 0 Å². The molecule has 0 aliphatic heterocycles. The number of carbonyl (C=O) groups excluding carboxylic acids is 1. The molecule has 0 bridgehead atoms. The lowest BCUT2D eigenvalue weighted by Gasteiger charge is -2.13. The van der Waals surface area contributed by atoms with E-state index < -0.39 is 6.04 Å². The van der Waals surface area contributed by atoms with Gasteiger partial charge >= 0.3 is 0 Å². The molecule has 0 saturated carbocycles. The zero-order valence-electron chi connectivity index (χ0n) is 11.7. The summed E-state index contributed by atoms with van der Waals surface area (Å²) >= 11 is 1.29. The fourth-order valence-electron chi connectivity index (χ4n) is 1.60. The van der Waals surface area contributed by atoms with Gasteiger partial charge in [0.1, 0.15) is 5.82 Å². The second kappa shape index (κ2) is 7.49. The SMILES string of the molecule is CC(C)[C@H](N)C(=O)Nc1nc(-c2cccc(F)c2)cs1.Cl. The van der Waals surface area contributed by atoms with E-state index in [0.29, 0.717) is 16.4 Å². The molecule has 3 N–H and O–H groups in total. The summed E-state index contributed by atoms with van der Waals surface area (Å²) in [6.07, 6.45) is 0. The third-order valence-corrected chi connectivity index (χ3v) is 3.63. The smallest absolute Gasteiger partial charge is 0.243 e. The molecule has 2 aromatic rings. The van der Waals surface area contributed by atoms with Gasteiger partial charge in [-0.1, -0.05) is 26.0 Å². The van der Waals surface area contributed by atoms with Crippen LogP contribution in [-0.4, -0.2) is 16.9 Å². The second-order valence-corrected chi connectivity index (χ2v) is 5.67. The molecule has 0 spiro atoms. The van der Waals surface area contributed by atoms with Crippen LogP contribution in [0.1, 0.15) is 13.8 Å². The van der Waals surface area contributed by atoms with Crippen molar-refractivity contribution in [1.82, 2.24) is 4.98 Å². The Morgan fingerprint density at radius 2 is 2.14 bits per heavy atom. The highest BCUT2D eigenvalue weighted by Crippen LogP contribution is 2.25. The van der Waals surface area contributed by atoms with Gasteiger partial charge in [0.15, 0.2) is 5.13 Å². The molecule has 1 heterocycles. The number of aromatic nitrogens is 1. The van der Waals surface area contributed by atoms with E-state index in [-0.39, 0.29) is 30.0 Å². The van der Waals surface area contributed by atoms with E-state index in [9.17, 15) is 9.18 Å². The molecule has 0 saturated heterocycles. The quantitative estimate of drug-likeness (QED) is 0.904. The van der Waals surface area contributed by atoms with Gasteiger partial charge in [0.2, 0.25) is 5.91 Å². The molecule has 0 radical (unpaired) electrons. The minimum Gasteiger partial charge on any atom is -0.320 e. The van der Waals surface area contributed by atoms with E-state index in [1.54, 1.807) is 17.5 Å². The highest BCUT2D eigenvalue weighted by molar-refractivity contribution is 7.14. The molecule has 2 rings (SSSR count). The van der Waals surface area contributed by atoms with E-state index in [4.69, 9.17) is 5.73 Å². The first kappa shape index (κ1) is 17.6. The van der Waals surface area contributed by atoms with Crippen LogP contribution in [0.4, 0.5) is 9.52 Å². The lowest BCUT2D eigenvalue weighted by Crippen LogP contribution is -2.39. The Labute approximate surface area is 133 Å². The van der Waals surface area contributed by atoms with Crippen LogP contribution in [-0.2, 0) is 4.79 Å². The van der Waals surface area contributed by atoms with E-state index in [1.807, 2.05) is 13.8 Å². The van der Waals surface area contributed by atoms with Gasteiger partial charge in [0.25, 0.3) is 0 Å².